The first kappa shape index (κ1) is 15.6. The van der Waals surface area contributed by atoms with Crippen molar-refractivity contribution in [1.29, 1.82) is 0 Å². The van der Waals surface area contributed by atoms with Crippen molar-refractivity contribution in [3.8, 4) is 0 Å². The largest absolute Gasteiger partial charge is 0.423 e. The maximum absolute atomic E-state index is 12.8. The monoisotopic (exact) mass is 303 g/mol. The van der Waals surface area contributed by atoms with Crippen molar-refractivity contribution in [3.05, 3.63) is 33.9 Å². The molecule has 116 valence electrons. The van der Waals surface area contributed by atoms with Gasteiger partial charge in [0.15, 0.2) is 0 Å². The molecule has 2 rings (SSSR count). The Morgan fingerprint density at radius 1 is 1.43 bits per heavy atom. The van der Waals surface area contributed by atoms with E-state index in [9.17, 15) is 23.3 Å². The lowest BCUT2D eigenvalue weighted by Gasteiger charge is -2.13. The van der Waals surface area contributed by atoms with E-state index in [4.69, 9.17) is 0 Å². The Kier molecular flexibility index (Phi) is 4.66. The van der Waals surface area contributed by atoms with Crippen LogP contribution in [0.15, 0.2) is 18.2 Å². The fraction of sp³-hybridized carbons (Fsp3) is 0.538. The molecule has 8 heteroatoms. The highest BCUT2D eigenvalue weighted by Crippen LogP contribution is 2.37. The summed E-state index contributed by atoms with van der Waals surface area (Å²) in [6.07, 6.45) is -1.76. The van der Waals surface area contributed by atoms with Gasteiger partial charge in [-0.3, -0.25) is 10.1 Å². The Morgan fingerprint density at radius 2 is 2.19 bits per heavy atom. The molecule has 0 aromatic heterocycles. The molecule has 1 aliphatic heterocycles. The van der Waals surface area contributed by atoms with E-state index in [2.05, 4.69) is 10.6 Å². The normalized spacial score (nSPS) is 18.7. The predicted octanol–water partition coefficient (Wildman–Crippen LogP) is 3.17. The highest BCUT2D eigenvalue weighted by atomic mass is 19.4. The summed E-state index contributed by atoms with van der Waals surface area (Å²) in [5, 5.41) is 16.8. The van der Waals surface area contributed by atoms with E-state index in [0.717, 1.165) is 37.9 Å². The molecular weight excluding hydrogens is 287 g/mol. The fourth-order valence-corrected chi connectivity index (χ4v) is 2.43. The van der Waals surface area contributed by atoms with Gasteiger partial charge in [0.1, 0.15) is 5.56 Å². The van der Waals surface area contributed by atoms with Crippen LogP contribution in [0, 0.1) is 10.1 Å². The lowest BCUT2D eigenvalue weighted by atomic mass is 10.1. The molecule has 1 fully saturated rings. The van der Waals surface area contributed by atoms with Gasteiger partial charge in [0.25, 0.3) is 5.69 Å². The van der Waals surface area contributed by atoms with Crippen molar-refractivity contribution >= 4 is 11.4 Å². The van der Waals surface area contributed by atoms with Gasteiger partial charge in [-0.1, -0.05) is 0 Å². The van der Waals surface area contributed by atoms with Gasteiger partial charge in [0, 0.05) is 24.3 Å². The summed E-state index contributed by atoms with van der Waals surface area (Å²) >= 11 is 0. The van der Waals surface area contributed by atoms with Crippen molar-refractivity contribution in [2.45, 2.75) is 31.5 Å². The van der Waals surface area contributed by atoms with E-state index in [1.54, 1.807) is 0 Å². The number of nitrogens with zero attached hydrogens (tertiary/aromatic N) is 1. The van der Waals surface area contributed by atoms with E-state index in [1.807, 2.05) is 0 Å². The van der Waals surface area contributed by atoms with Crippen LogP contribution in [0.4, 0.5) is 24.5 Å². The van der Waals surface area contributed by atoms with Crippen LogP contribution in [-0.2, 0) is 6.18 Å². The van der Waals surface area contributed by atoms with Crippen LogP contribution in [-0.4, -0.2) is 24.1 Å². The topological polar surface area (TPSA) is 67.2 Å². The van der Waals surface area contributed by atoms with Gasteiger partial charge in [-0.05, 0) is 37.9 Å². The molecule has 0 radical (unpaired) electrons. The zero-order valence-corrected chi connectivity index (χ0v) is 11.2. The molecule has 5 nitrogen and oxygen atoms in total. The van der Waals surface area contributed by atoms with E-state index >= 15 is 0 Å². The molecule has 1 aliphatic rings. The number of alkyl halides is 3. The zero-order chi connectivity index (χ0) is 15.5. The molecule has 1 aromatic carbocycles. The summed E-state index contributed by atoms with van der Waals surface area (Å²) in [6.45, 7) is 1.49. The van der Waals surface area contributed by atoms with E-state index < -0.39 is 22.4 Å². The summed E-state index contributed by atoms with van der Waals surface area (Å²) in [7, 11) is 0. The summed E-state index contributed by atoms with van der Waals surface area (Å²) in [4.78, 5) is 9.63. The minimum absolute atomic E-state index is 0.242. The van der Waals surface area contributed by atoms with Gasteiger partial charge in [-0.15, -0.1) is 0 Å². The smallest absolute Gasteiger partial charge is 0.385 e. The van der Waals surface area contributed by atoms with Gasteiger partial charge in [0.2, 0.25) is 0 Å². The summed E-state index contributed by atoms with van der Waals surface area (Å²) in [5.74, 6) is 0. The standard InChI is InChI=1S/C13H16F3N3O2/c14-13(15,16)11-8-10(3-4-12(11)19(20)21)18-7-5-9-2-1-6-17-9/h3-4,8-9,17-18H,1-2,5-7H2/t9-/m1/s1. The minimum atomic E-state index is -4.74. The van der Waals surface area contributed by atoms with Crippen LogP contribution in [0.2, 0.25) is 0 Å². The van der Waals surface area contributed by atoms with Crippen LogP contribution in [0.3, 0.4) is 0 Å². The molecule has 0 spiro atoms. The SMILES string of the molecule is O=[N+]([O-])c1ccc(NCC[C@H]2CCCN2)cc1C(F)(F)F. The maximum Gasteiger partial charge on any atom is 0.423 e. The van der Waals surface area contributed by atoms with Crippen LogP contribution in [0.5, 0.6) is 0 Å². The van der Waals surface area contributed by atoms with E-state index in [0.29, 0.717) is 12.6 Å². The van der Waals surface area contributed by atoms with Gasteiger partial charge in [-0.25, -0.2) is 0 Å². The minimum Gasteiger partial charge on any atom is -0.385 e. The second-order valence-electron chi connectivity index (χ2n) is 5.00. The van der Waals surface area contributed by atoms with Gasteiger partial charge >= 0.3 is 6.18 Å². The first-order valence-corrected chi connectivity index (χ1v) is 6.71. The number of nitrogens with one attached hydrogen (secondary N) is 2. The average molecular weight is 303 g/mol. The van der Waals surface area contributed by atoms with Crippen LogP contribution < -0.4 is 10.6 Å². The van der Waals surface area contributed by atoms with Crippen molar-refractivity contribution < 1.29 is 18.1 Å². The molecule has 0 amide bonds. The number of anilines is 1. The third-order valence-electron chi connectivity index (χ3n) is 3.48. The van der Waals surface area contributed by atoms with Crippen molar-refractivity contribution in [3.63, 3.8) is 0 Å². The molecule has 0 aliphatic carbocycles. The number of hydrogen-bond acceptors (Lipinski definition) is 4. The van der Waals surface area contributed by atoms with Gasteiger partial charge in [-0.2, -0.15) is 13.2 Å². The summed E-state index contributed by atoms with van der Waals surface area (Å²) < 4.78 is 38.4. The molecule has 1 saturated heterocycles. The number of nitro groups is 1. The number of nitro benzene ring substituents is 1. The Labute approximate surface area is 119 Å². The summed E-state index contributed by atoms with van der Waals surface area (Å²) in [5.41, 5.74) is -1.91. The molecular formula is C13H16F3N3O2. The lowest BCUT2D eigenvalue weighted by molar-refractivity contribution is -0.388. The van der Waals surface area contributed by atoms with Crippen LogP contribution in [0.25, 0.3) is 0 Å². The highest BCUT2D eigenvalue weighted by molar-refractivity contribution is 5.55. The second-order valence-corrected chi connectivity index (χ2v) is 5.00. The Balaban J connectivity index is 2.04. The number of hydrogen-bond donors (Lipinski definition) is 2. The average Bonchev–Trinajstić information content (AvgIpc) is 2.90. The van der Waals surface area contributed by atoms with E-state index in [1.165, 1.54) is 6.07 Å². The molecule has 1 heterocycles. The maximum atomic E-state index is 12.8. The fourth-order valence-electron chi connectivity index (χ4n) is 2.43. The third kappa shape index (κ3) is 4.07. The molecule has 0 bridgehead atoms. The Bertz CT molecular complexity index is 514. The van der Waals surface area contributed by atoms with Crippen molar-refractivity contribution in [1.82, 2.24) is 5.32 Å². The highest BCUT2D eigenvalue weighted by Gasteiger charge is 2.38. The molecule has 1 atom stereocenters. The number of benzene rings is 1. The van der Waals surface area contributed by atoms with Crippen molar-refractivity contribution in [2.24, 2.45) is 0 Å². The molecule has 0 unspecified atom stereocenters. The number of rotatable bonds is 5. The van der Waals surface area contributed by atoms with Gasteiger partial charge < -0.3 is 10.6 Å². The predicted molar refractivity (Wildman–Crippen MR) is 72.2 cm³/mol. The van der Waals surface area contributed by atoms with Crippen LogP contribution in [0.1, 0.15) is 24.8 Å². The molecule has 0 saturated carbocycles. The van der Waals surface area contributed by atoms with E-state index in [-0.39, 0.29) is 5.69 Å². The summed E-state index contributed by atoms with van der Waals surface area (Å²) in [6, 6.07) is 3.37. The third-order valence-corrected chi connectivity index (χ3v) is 3.48. The van der Waals surface area contributed by atoms with Gasteiger partial charge in [0.05, 0.1) is 4.92 Å². The second kappa shape index (κ2) is 6.30. The van der Waals surface area contributed by atoms with Crippen LogP contribution >= 0.6 is 0 Å². The molecule has 1 aromatic rings. The lowest BCUT2D eigenvalue weighted by Crippen LogP contribution is -2.24. The Morgan fingerprint density at radius 3 is 2.76 bits per heavy atom. The number of halogens is 3. The van der Waals surface area contributed by atoms with Crippen molar-refractivity contribution in [2.75, 3.05) is 18.4 Å². The first-order chi connectivity index (χ1) is 9.88. The zero-order valence-electron chi connectivity index (χ0n) is 11.2. The Hall–Kier alpha value is -1.83. The quantitative estimate of drug-likeness (QED) is 0.647. The molecule has 2 N–H and O–H groups in total. The molecule has 21 heavy (non-hydrogen) atoms. The first-order valence-electron chi connectivity index (χ1n) is 6.71.